The van der Waals surface area contributed by atoms with Gasteiger partial charge in [-0.3, -0.25) is 0 Å². The van der Waals surface area contributed by atoms with Crippen molar-refractivity contribution in [1.29, 1.82) is 5.26 Å². The van der Waals surface area contributed by atoms with Crippen molar-refractivity contribution in [3.63, 3.8) is 0 Å². The van der Waals surface area contributed by atoms with Crippen LogP contribution in [-0.2, 0) is 6.54 Å². The van der Waals surface area contributed by atoms with Crippen LogP contribution in [0.1, 0.15) is 21.5 Å². The maximum Gasteiger partial charge on any atom is 0.345 e. The lowest BCUT2D eigenvalue weighted by Crippen LogP contribution is -2.22. The highest BCUT2D eigenvalue weighted by Crippen LogP contribution is 2.18. The molecule has 1 aromatic heterocycles. The predicted octanol–water partition coefficient (Wildman–Crippen LogP) is 2.04. The van der Waals surface area contributed by atoms with Gasteiger partial charge in [-0.2, -0.15) is 5.26 Å². The molecule has 0 saturated carbocycles. The molecule has 1 atom stereocenters. The summed E-state index contributed by atoms with van der Waals surface area (Å²) in [6.07, 6.45) is 0. The molecular formula is C11H14N2O2S. The average molecular weight is 238 g/mol. The number of hydrogen-bond donors (Lipinski definition) is 1. The lowest BCUT2D eigenvalue weighted by molar-refractivity contribution is 0.0702. The van der Waals surface area contributed by atoms with Crippen molar-refractivity contribution in [3.8, 4) is 6.07 Å². The summed E-state index contributed by atoms with van der Waals surface area (Å²) in [4.78, 5) is 14.1. The largest absolute Gasteiger partial charge is 0.477 e. The van der Waals surface area contributed by atoms with Crippen LogP contribution < -0.4 is 0 Å². The molecule has 0 aliphatic heterocycles. The molecule has 1 heterocycles. The lowest BCUT2D eigenvalue weighted by atomic mass is 10.2. The fourth-order valence-electron chi connectivity index (χ4n) is 1.42. The molecule has 0 saturated heterocycles. The van der Waals surface area contributed by atoms with E-state index in [2.05, 4.69) is 6.07 Å². The van der Waals surface area contributed by atoms with Crippen LogP contribution >= 0.6 is 11.3 Å². The average Bonchev–Trinajstić information content (AvgIpc) is 2.65. The molecule has 0 amide bonds. The van der Waals surface area contributed by atoms with Gasteiger partial charge in [0.1, 0.15) is 4.88 Å². The minimum Gasteiger partial charge on any atom is -0.477 e. The number of aromatic carboxylic acids is 1. The second-order valence-electron chi connectivity index (χ2n) is 3.80. The Balaban J connectivity index is 2.53. The molecule has 0 spiro atoms. The zero-order valence-electron chi connectivity index (χ0n) is 9.30. The van der Waals surface area contributed by atoms with Gasteiger partial charge in [-0.1, -0.05) is 0 Å². The van der Waals surface area contributed by atoms with Crippen LogP contribution in [0.15, 0.2) is 12.1 Å². The van der Waals surface area contributed by atoms with Crippen molar-refractivity contribution in [3.05, 3.63) is 21.9 Å². The van der Waals surface area contributed by atoms with Gasteiger partial charge in [0.2, 0.25) is 0 Å². The van der Waals surface area contributed by atoms with Crippen LogP contribution in [0.3, 0.4) is 0 Å². The Bertz CT molecular complexity index is 408. The molecule has 4 nitrogen and oxygen atoms in total. The predicted molar refractivity (Wildman–Crippen MR) is 62.4 cm³/mol. The highest BCUT2D eigenvalue weighted by molar-refractivity contribution is 7.13. The third kappa shape index (κ3) is 3.65. The summed E-state index contributed by atoms with van der Waals surface area (Å²) in [5.74, 6) is -0.895. The number of carboxylic acids is 1. The highest BCUT2D eigenvalue weighted by atomic mass is 32.1. The van der Waals surface area contributed by atoms with Gasteiger partial charge in [0.15, 0.2) is 0 Å². The van der Waals surface area contributed by atoms with Gasteiger partial charge in [-0.05, 0) is 26.1 Å². The zero-order valence-corrected chi connectivity index (χ0v) is 10.1. The van der Waals surface area contributed by atoms with Gasteiger partial charge in [0, 0.05) is 18.0 Å². The van der Waals surface area contributed by atoms with E-state index in [1.807, 2.05) is 24.9 Å². The van der Waals surface area contributed by atoms with Crippen LogP contribution in [0.2, 0.25) is 0 Å². The Hall–Kier alpha value is -1.38. The fraction of sp³-hybridized carbons (Fsp3) is 0.455. The normalized spacial score (nSPS) is 12.4. The molecule has 0 fully saturated rings. The molecule has 0 aliphatic rings. The molecule has 1 rings (SSSR count). The Morgan fingerprint density at radius 3 is 2.88 bits per heavy atom. The van der Waals surface area contributed by atoms with E-state index in [1.165, 1.54) is 11.3 Å². The lowest BCUT2D eigenvalue weighted by Gasteiger charge is -2.16. The first kappa shape index (κ1) is 12.7. The molecule has 0 bridgehead atoms. The van der Waals surface area contributed by atoms with Gasteiger partial charge in [0.05, 0.1) is 12.0 Å². The van der Waals surface area contributed by atoms with E-state index in [-0.39, 0.29) is 5.92 Å². The van der Waals surface area contributed by atoms with Gasteiger partial charge in [-0.15, -0.1) is 11.3 Å². The molecule has 0 aromatic carbocycles. The standard InChI is InChI=1S/C11H14N2O2S/c1-8(5-12)6-13(2)7-9-3-4-10(16-9)11(14)15/h3-4,8H,6-7H2,1-2H3,(H,14,15). The van der Waals surface area contributed by atoms with Gasteiger partial charge < -0.3 is 10.0 Å². The van der Waals surface area contributed by atoms with E-state index in [0.29, 0.717) is 18.0 Å². The fourth-order valence-corrected chi connectivity index (χ4v) is 2.34. The first-order valence-corrected chi connectivity index (χ1v) is 5.74. The zero-order chi connectivity index (χ0) is 12.1. The Morgan fingerprint density at radius 1 is 1.69 bits per heavy atom. The second kappa shape index (κ2) is 5.64. The minimum absolute atomic E-state index is 0.0103. The summed E-state index contributed by atoms with van der Waals surface area (Å²) < 4.78 is 0. The summed E-state index contributed by atoms with van der Waals surface area (Å²) in [5.41, 5.74) is 0. The summed E-state index contributed by atoms with van der Waals surface area (Å²) in [5, 5.41) is 17.4. The summed E-state index contributed by atoms with van der Waals surface area (Å²) in [7, 11) is 1.92. The van der Waals surface area contributed by atoms with Crippen LogP contribution in [0, 0.1) is 17.2 Å². The van der Waals surface area contributed by atoms with E-state index in [9.17, 15) is 4.79 Å². The van der Waals surface area contributed by atoms with Crippen molar-refractivity contribution in [1.82, 2.24) is 4.90 Å². The Morgan fingerprint density at radius 2 is 2.38 bits per heavy atom. The minimum atomic E-state index is -0.885. The molecule has 86 valence electrons. The SMILES string of the molecule is CC(C#N)CN(C)Cc1ccc(C(=O)O)s1. The number of thiophene rings is 1. The molecule has 16 heavy (non-hydrogen) atoms. The maximum atomic E-state index is 10.7. The monoisotopic (exact) mass is 238 g/mol. The number of hydrogen-bond acceptors (Lipinski definition) is 4. The number of carboxylic acid groups (broad SMARTS) is 1. The topological polar surface area (TPSA) is 64.3 Å². The molecule has 1 aromatic rings. The number of rotatable bonds is 5. The number of carbonyl (C=O) groups is 1. The molecule has 1 N–H and O–H groups in total. The second-order valence-corrected chi connectivity index (χ2v) is 4.97. The van der Waals surface area contributed by atoms with Gasteiger partial charge in [0.25, 0.3) is 0 Å². The van der Waals surface area contributed by atoms with E-state index in [0.717, 1.165) is 4.88 Å². The van der Waals surface area contributed by atoms with E-state index in [1.54, 1.807) is 6.07 Å². The van der Waals surface area contributed by atoms with E-state index in [4.69, 9.17) is 10.4 Å². The van der Waals surface area contributed by atoms with Crippen molar-refractivity contribution >= 4 is 17.3 Å². The quantitative estimate of drug-likeness (QED) is 0.852. The highest BCUT2D eigenvalue weighted by Gasteiger charge is 2.10. The summed E-state index contributed by atoms with van der Waals surface area (Å²) >= 11 is 1.28. The first-order valence-electron chi connectivity index (χ1n) is 4.93. The molecule has 5 heteroatoms. The number of nitrogens with zero attached hydrogens (tertiary/aromatic N) is 2. The van der Waals surface area contributed by atoms with Crippen LogP contribution in [0.25, 0.3) is 0 Å². The van der Waals surface area contributed by atoms with E-state index >= 15 is 0 Å². The third-order valence-corrected chi connectivity index (χ3v) is 3.16. The van der Waals surface area contributed by atoms with Crippen molar-refractivity contribution in [2.24, 2.45) is 5.92 Å². The van der Waals surface area contributed by atoms with Gasteiger partial charge >= 0.3 is 5.97 Å². The van der Waals surface area contributed by atoms with Crippen molar-refractivity contribution < 1.29 is 9.90 Å². The Kier molecular flexibility index (Phi) is 4.47. The maximum absolute atomic E-state index is 10.7. The summed E-state index contributed by atoms with van der Waals surface area (Å²) in [6, 6.07) is 5.61. The third-order valence-electron chi connectivity index (χ3n) is 2.10. The molecule has 1 unspecified atom stereocenters. The molecular weight excluding hydrogens is 224 g/mol. The molecule has 0 radical (unpaired) electrons. The van der Waals surface area contributed by atoms with E-state index < -0.39 is 5.97 Å². The van der Waals surface area contributed by atoms with Crippen molar-refractivity contribution in [2.45, 2.75) is 13.5 Å². The molecule has 0 aliphatic carbocycles. The van der Waals surface area contributed by atoms with Crippen LogP contribution in [0.4, 0.5) is 0 Å². The van der Waals surface area contributed by atoms with Gasteiger partial charge in [-0.25, -0.2) is 4.79 Å². The summed E-state index contributed by atoms with van der Waals surface area (Å²) in [6.45, 7) is 3.24. The van der Waals surface area contributed by atoms with Crippen LogP contribution in [-0.4, -0.2) is 29.6 Å². The Labute approximate surface area is 98.7 Å². The van der Waals surface area contributed by atoms with Crippen LogP contribution in [0.5, 0.6) is 0 Å². The van der Waals surface area contributed by atoms with Crippen molar-refractivity contribution in [2.75, 3.05) is 13.6 Å². The smallest absolute Gasteiger partial charge is 0.345 e. The number of nitriles is 1. The first-order chi connectivity index (χ1) is 7.52.